The first-order valence-electron chi connectivity index (χ1n) is 7.14. The molecule has 0 heterocycles. The van der Waals surface area contributed by atoms with E-state index < -0.39 is 23.6 Å². The number of benzene rings is 2. The number of carbonyl (C=O) groups is 3. The molecule has 0 radical (unpaired) electrons. The molecule has 124 valence electrons. The molecule has 3 N–H and O–H groups in total. The van der Waals surface area contributed by atoms with Crippen LogP contribution in [0.5, 0.6) is 0 Å². The highest BCUT2D eigenvalue weighted by atomic mass is 19.1. The Morgan fingerprint density at radius 2 is 1.25 bits per heavy atom. The van der Waals surface area contributed by atoms with Crippen LogP contribution in [0.3, 0.4) is 0 Å². The molecule has 2 rings (SSSR count). The van der Waals surface area contributed by atoms with Crippen LogP contribution in [-0.2, 0) is 0 Å². The van der Waals surface area contributed by atoms with Crippen molar-refractivity contribution in [3.05, 3.63) is 71.0 Å². The van der Waals surface area contributed by atoms with Gasteiger partial charge in [-0.3, -0.25) is 9.59 Å². The van der Waals surface area contributed by atoms with Crippen molar-refractivity contribution in [2.45, 2.75) is 0 Å². The van der Waals surface area contributed by atoms with Gasteiger partial charge in [-0.15, -0.1) is 0 Å². The van der Waals surface area contributed by atoms with Gasteiger partial charge in [0.1, 0.15) is 5.82 Å². The SMILES string of the molecule is O=C(NCCNC(=O)c1ccccc1C(=O)O)c1ccccc1F. The highest BCUT2D eigenvalue weighted by molar-refractivity contribution is 6.04. The van der Waals surface area contributed by atoms with E-state index in [9.17, 15) is 18.8 Å². The average Bonchev–Trinajstić information content (AvgIpc) is 2.58. The van der Waals surface area contributed by atoms with Gasteiger partial charge in [-0.25, -0.2) is 9.18 Å². The largest absolute Gasteiger partial charge is 0.478 e. The highest BCUT2D eigenvalue weighted by Crippen LogP contribution is 2.08. The van der Waals surface area contributed by atoms with Crippen molar-refractivity contribution in [3.8, 4) is 0 Å². The average molecular weight is 330 g/mol. The number of carboxylic acids is 1. The molecule has 0 fully saturated rings. The third kappa shape index (κ3) is 4.16. The number of rotatable bonds is 6. The Morgan fingerprint density at radius 1 is 0.792 bits per heavy atom. The molecule has 24 heavy (non-hydrogen) atoms. The van der Waals surface area contributed by atoms with E-state index in [1.807, 2.05) is 0 Å². The number of carbonyl (C=O) groups excluding carboxylic acids is 2. The lowest BCUT2D eigenvalue weighted by Crippen LogP contribution is -2.35. The summed E-state index contributed by atoms with van der Waals surface area (Å²) in [5.74, 6) is -2.98. The van der Waals surface area contributed by atoms with E-state index in [4.69, 9.17) is 5.11 Å². The van der Waals surface area contributed by atoms with Crippen molar-refractivity contribution < 1.29 is 23.9 Å². The highest BCUT2D eigenvalue weighted by Gasteiger charge is 2.15. The van der Waals surface area contributed by atoms with Crippen LogP contribution in [0.2, 0.25) is 0 Å². The Labute approximate surface area is 137 Å². The van der Waals surface area contributed by atoms with E-state index in [0.717, 1.165) is 0 Å². The Morgan fingerprint density at radius 3 is 1.79 bits per heavy atom. The second-order valence-corrected chi connectivity index (χ2v) is 4.84. The number of hydrogen-bond acceptors (Lipinski definition) is 3. The first-order chi connectivity index (χ1) is 11.5. The van der Waals surface area contributed by atoms with Crippen molar-refractivity contribution in [2.24, 2.45) is 0 Å². The molecule has 6 nitrogen and oxygen atoms in total. The molecule has 0 saturated carbocycles. The zero-order chi connectivity index (χ0) is 17.5. The molecule has 0 unspecified atom stereocenters. The van der Waals surface area contributed by atoms with Gasteiger partial charge < -0.3 is 15.7 Å². The van der Waals surface area contributed by atoms with E-state index in [1.54, 1.807) is 12.1 Å². The number of carboxylic acid groups (broad SMARTS) is 1. The fourth-order valence-electron chi connectivity index (χ4n) is 2.06. The van der Waals surface area contributed by atoms with E-state index in [-0.39, 0.29) is 29.8 Å². The molecule has 0 aromatic heterocycles. The van der Waals surface area contributed by atoms with Crippen LogP contribution in [0, 0.1) is 5.82 Å². The Bertz CT molecular complexity index is 777. The van der Waals surface area contributed by atoms with Crippen LogP contribution in [0.15, 0.2) is 48.5 Å². The van der Waals surface area contributed by atoms with Gasteiger partial charge >= 0.3 is 5.97 Å². The molecule has 0 bridgehead atoms. The number of hydrogen-bond donors (Lipinski definition) is 3. The van der Waals surface area contributed by atoms with Crippen molar-refractivity contribution in [2.75, 3.05) is 13.1 Å². The molecule has 2 aromatic carbocycles. The second-order valence-electron chi connectivity index (χ2n) is 4.84. The third-order valence-corrected chi connectivity index (χ3v) is 3.22. The summed E-state index contributed by atoms with van der Waals surface area (Å²) in [5.41, 5.74) is -0.157. The van der Waals surface area contributed by atoms with Gasteiger partial charge in [0.05, 0.1) is 16.7 Å². The van der Waals surface area contributed by atoms with Gasteiger partial charge in [-0.05, 0) is 24.3 Å². The maximum atomic E-state index is 13.4. The van der Waals surface area contributed by atoms with Crippen LogP contribution in [0.4, 0.5) is 4.39 Å². The Balaban J connectivity index is 1.87. The molecule has 2 aromatic rings. The van der Waals surface area contributed by atoms with Gasteiger partial charge in [-0.2, -0.15) is 0 Å². The maximum absolute atomic E-state index is 13.4. The number of halogens is 1. The minimum absolute atomic E-state index is 0.0328. The maximum Gasteiger partial charge on any atom is 0.336 e. The third-order valence-electron chi connectivity index (χ3n) is 3.22. The topological polar surface area (TPSA) is 95.5 Å². The summed E-state index contributed by atoms with van der Waals surface area (Å²) in [6.07, 6.45) is 0. The molecule has 0 spiro atoms. The van der Waals surface area contributed by atoms with Crippen LogP contribution in [0.1, 0.15) is 31.1 Å². The summed E-state index contributed by atoms with van der Waals surface area (Å²) in [6, 6.07) is 11.4. The number of amides is 2. The summed E-state index contributed by atoms with van der Waals surface area (Å²) in [5, 5.41) is 14.0. The summed E-state index contributed by atoms with van der Waals surface area (Å²) in [6.45, 7) is 0.154. The summed E-state index contributed by atoms with van der Waals surface area (Å²) in [7, 11) is 0. The van der Waals surface area contributed by atoms with Crippen LogP contribution >= 0.6 is 0 Å². The quantitative estimate of drug-likeness (QED) is 0.702. The fraction of sp³-hybridized carbons (Fsp3) is 0.118. The van der Waals surface area contributed by atoms with E-state index >= 15 is 0 Å². The van der Waals surface area contributed by atoms with E-state index in [2.05, 4.69) is 10.6 Å². The van der Waals surface area contributed by atoms with Gasteiger partial charge in [0.25, 0.3) is 11.8 Å². The van der Waals surface area contributed by atoms with Crippen molar-refractivity contribution in [1.29, 1.82) is 0 Å². The molecule has 0 atom stereocenters. The fourth-order valence-corrected chi connectivity index (χ4v) is 2.06. The zero-order valence-corrected chi connectivity index (χ0v) is 12.6. The number of nitrogens with one attached hydrogen (secondary N) is 2. The van der Waals surface area contributed by atoms with Crippen LogP contribution in [0.25, 0.3) is 0 Å². The molecule has 7 heteroatoms. The Hall–Kier alpha value is -3.22. The molecular formula is C17H15FN2O4. The second kappa shape index (κ2) is 7.87. The predicted molar refractivity (Wildman–Crippen MR) is 84.5 cm³/mol. The van der Waals surface area contributed by atoms with Gasteiger partial charge in [0.15, 0.2) is 0 Å². The Kier molecular flexibility index (Phi) is 5.62. The smallest absolute Gasteiger partial charge is 0.336 e. The first kappa shape index (κ1) is 17.1. The molecule has 2 amide bonds. The van der Waals surface area contributed by atoms with Gasteiger partial charge in [-0.1, -0.05) is 24.3 Å². The number of aromatic carboxylic acids is 1. The van der Waals surface area contributed by atoms with E-state index in [0.29, 0.717) is 0 Å². The normalized spacial score (nSPS) is 10.0. The molecule has 0 saturated heterocycles. The molecule has 0 aliphatic rings. The summed E-state index contributed by atoms with van der Waals surface area (Å²) >= 11 is 0. The minimum Gasteiger partial charge on any atom is -0.478 e. The first-order valence-corrected chi connectivity index (χ1v) is 7.14. The van der Waals surface area contributed by atoms with Gasteiger partial charge in [0.2, 0.25) is 0 Å². The molecular weight excluding hydrogens is 315 g/mol. The van der Waals surface area contributed by atoms with Crippen LogP contribution < -0.4 is 10.6 Å². The molecule has 0 aliphatic heterocycles. The minimum atomic E-state index is -1.20. The zero-order valence-electron chi connectivity index (χ0n) is 12.6. The lowest BCUT2D eigenvalue weighted by molar-refractivity contribution is 0.0691. The van der Waals surface area contributed by atoms with Crippen molar-refractivity contribution >= 4 is 17.8 Å². The van der Waals surface area contributed by atoms with Crippen LogP contribution in [-0.4, -0.2) is 36.0 Å². The summed E-state index contributed by atoms with van der Waals surface area (Å²) in [4.78, 5) is 34.8. The van der Waals surface area contributed by atoms with Gasteiger partial charge in [0, 0.05) is 13.1 Å². The summed E-state index contributed by atoms with van der Waals surface area (Å²) < 4.78 is 13.4. The molecule has 0 aliphatic carbocycles. The van der Waals surface area contributed by atoms with Crippen molar-refractivity contribution in [3.63, 3.8) is 0 Å². The van der Waals surface area contributed by atoms with E-state index in [1.165, 1.54) is 36.4 Å². The predicted octanol–water partition coefficient (Wildman–Crippen LogP) is 1.68. The lowest BCUT2D eigenvalue weighted by Gasteiger charge is -2.09. The lowest BCUT2D eigenvalue weighted by atomic mass is 10.1. The monoisotopic (exact) mass is 330 g/mol. The standard InChI is InChI=1S/C17H15FN2O4/c18-14-8-4-3-7-13(14)16(22)20-10-9-19-15(21)11-5-1-2-6-12(11)17(23)24/h1-8H,9-10H2,(H,19,21)(H,20,22)(H,23,24). The van der Waals surface area contributed by atoms with Crippen molar-refractivity contribution in [1.82, 2.24) is 10.6 Å².